The van der Waals surface area contributed by atoms with Gasteiger partial charge in [0.2, 0.25) is 12.7 Å². The Kier molecular flexibility index (Phi) is 7.41. The van der Waals surface area contributed by atoms with E-state index in [1.807, 2.05) is 30.3 Å². The van der Waals surface area contributed by atoms with Crippen LogP contribution in [0.4, 0.5) is 0 Å². The Morgan fingerprint density at radius 1 is 1.00 bits per heavy atom. The number of amides is 1. The number of rotatable bonds is 10. The number of unbranched alkanes of at least 4 members (excludes halogenated alkanes) is 1. The van der Waals surface area contributed by atoms with Crippen LogP contribution in [-0.4, -0.2) is 60.1 Å². The second kappa shape index (κ2) is 9.90. The van der Waals surface area contributed by atoms with Gasteiger partial charge in [-0.25, -0.2) is 13.2 Å². The molecule has 2 heterocycles. The second-order valence-electron chi connectivity index (χ2n) is 8.46. The summed E-state index contributed by atoms with van der Waals surface area (Å²) in [5.74, 6) is -2.37. The summed E-state index contributed by atoms with van der Waals surface area (Å²) < 4.78 is 38.5. The van der Waals surface area contributed by atoms with Crippen LogP contribution in [0.15, 0.2) is 30.3 Å². The molecule has 0 saturated carbocycles. The van der Waals surface area contributed by atoms with E-state index < -0.39 is 50.6 Å². The average Bonchev–Trinajstić information content (AvgIpc) is 2.89. The zero-order chi connectivity index (χ0) is 24.2. The molecule has 2 aliphatic heterocycles. The van der Waals surface area contributed by atoms with Crippen molar-refractivity contribution in [2.24, 2.45) is 0 Å². The van der Waals surface area contributed by atoms with Crippen molar-refractivity contribution in [2.75, 3.05) is 6.79 Å². The van der Waals surface area contributed by atoms with Crippen LogP contribution in [0.1, 0.15) is 51.5 Å². The first-order valence-corrected chi connectivity index (χ1v) is 12.2. The summed E-state index contributed by atoms with van der Waals surface area (Å²) in [4.78, 5) is 48.9. The SMILES string of the molecule is CC1(C)[C@H](C(=O)OCOC(=O)CCCCC(=O)OCc2ccccc2)N2C(=O)C[C@H]2S1(=O)=O. The van der Waals surface area contributed by atoms with Crippen LogP contribution in [0, 0.1) is 0 Å². The predicted molar refractivity (Wildman–Crippen MR) is 114 cm³/mol. The maximum atomic E-state index is 12.5. The molecule has 2 fully saturated rings. The van der Waals surface area contributed by atoms with Gasteiger partial charge in [-0.15, -0.1) is 0 Å². The molecule has 11 heteroatoms. The monoisotopic (exact) mass is 481 g/mol. The van der Waals surface area contributed by atoms with E-state index in [1.165, 1.54) is 13.8 Å². The summed E-state index contributed by atoms with van der Waals surface area (Å²) in [5.41, 5.74) is 0.886. The molecule has 0 unspecified atom stereocenters. The number of hydrogen-bond donors (Lipinski definition) is 0. The molecule has 0 radical (unpaired) electrons. The van der Waals surface area contributed by atoms with Gasteiger partial charge in [-0.1, -0.05) is 30.3 Å². The number of ether oxygens (including phenoxy) is 3. The zero-order valence-electron chi connectivity index (χ0n) is 18.5. The van der Waals surface area contributed by atoms with Crippen LogP contribution in [-0.2, 0) is 49.8 Å². The van der Waals surface area contributed by atoms with Gasteiger partial charge in [0.15, 0.2) is 9.84 Å². The highest BCUT2D eigenvalue weighted by Crippen LogP contribution is 2.45. The molecule has 180 valence electrons. The van der Waals surface area contributed by atoms with Gasteiger partial charge < -0.3 is 19.1 Å². The van der Waals surface area contributed by atoms with Crippen LogP contribution in [0.2, 0.25) is 0 Å². The lowest BCUT2D eigenvalue weighted by Gasteiger charge is -2.36. The van der Waals surface area contributed by atoms with Gasteiger partial charge in [-0.2, -0.15) is 0 Å². The highest BCUT2D eigenvalue weighted by atomic mass is 32.2. The molecule has 0 spiro atoms. The van der Waals surface area contributed by atoms with Crippen molar-refractivity contribution in [1.82, 2.24) is 4.90 Å². The molecule has 1 aromatic carbocycles. The van der Waals surface area contributed by atoms with Gasteiger partial charge in [-0.05, 0) is 32.3 Å². The van der Waals surface area contributed by atoms with Gasteiger partial charge in [-0.3, -0.25) is 14.4 Å². The number of esters is 3. The molecular formula is C22H27NO9S. The zero-order valence-corrected chi connectivity index (χ0v) is 19.3. The maximum absolute atomic E-state index is 12.5. The first-order chi connectivity index (χ1) is 15.6. The third-order valence-corrected chi connectivity index (χ3v) is 8.67. The lowest BCUT2D eigenvalue weighted by molar-refractivity contribution is -0.175. The molecule has 2 aliphatic rings. The lowest BCUT2D eigenvalue weighted by Crippen LogP contribution is -2.57. The minimum Gasteiger partial charge on any atom is -0.461 e. The molecule has 0 aliphatic carbocycles. The minimum absolute atomic E-state index is 0.0134. The number of benzene rings is 1. The molecule has 3 rings (SSSR count). The molecule has 0 N–H and O–H groups in total. The van der Waals surface area contributed by atoms with Crippen molar-refractivity contribution in [3.8, 4) is 0 Å². The summed E-state index contributed by atoms with van der Waals surface area (Å²) in [7, 11) is -3.72. The van der Waals surface area contributed by atoms with Crippen LogP contribution in [0.5, 0.6) is 0 Å². The molecule has 1 aromatic rings. The summed E-state index contributed by atoms with van der Waals surface area (Å²) in [5, 5.41) is -1.01. The summed E-state index contributed by atoms with van der Waals surface area (Å²) in [6.07, 6.45) is 0.829. The molecular weight excluding hydrogens is 454 g/mol. The van der Waals surface area contributed by atoms with Crippen molar-refractivity contribution in [3.05, 3.63) is 35.9 Å². The second-order valence-corrected chi connectivity index (χ2v) is 11.1. The van der Waals surface area contributed by atoms with Gasteiger partial charge in [0.05, 0.1) is 11.2 Å². The Morgan fingerprint density at radius 2 is 1.61 bits per heavy atom. The maximum Gasteiger partial charge on any atom is 0.333 e. The number of sulfone groups is 1. The molecule has 0 bridgehead atoms. The Labute approximate surface area is 192 Å². The normalized spacial score (nSPS) is 22.1. The first kappa shape index (κ1) is 24.7. The first-order valence-electron chi connectivity index (χ1n) is 10.6. The van der Waals surface area contributed by atoms with Crippen LogP contribution < -0.4 is 0 Å². The standard InChI is InChI=1S/C22H27NO9S/c1-22(2)20(23-16(24)12-17(23)33(22,28)29)21(27)32-14-31-19(26)11-7-6-10-18(25)30-13-15-8-4-3-5-9-15/h3-5,8-9,17,20H,6-7,10-14H2,1-2H3/t17-,20+/m1/s1. The molecule has 2 atom stereocenters. The minimum atomic E-state index is -3.72. The van der Waals surface area contributed by atoms with E-state index in [-0.39, 0.29) is 31.8 Å². The average molecular weight is 482 g/mol. The Hall–Kier alpha value is -2.95. The van der Waals surface area contributed by atoms with E-state index in [9.17, 15) is 27.6 Å². The highest BCUT2D eigenvalue weighted by Gasteiger charge is 2.68. The van der Waals surface area contributed by atoms with E-state index in [4.69, 9.17) is 14.2 Å². The predicted octanol–water partition coefficient (Wildman–Crippen LogP) is 1.47. The van der Waals surface area contributed by atoms with E-state index in [0.717, 1.165) is 10.5 Å². The van der Waals surface area contributed by atoms with Gasteiger partial charge >= 0.3 is 17.9 Å². The molecule has 2 saturated heterocycles. The number of hydrogen-bond acceptors (Lipinski definition) is 9. The number of carbonyl (C=O) groups is 4. The molecule has 0 aromatic heterocycles. The third kappa shape index (κ3) is 5.18. The molecule has 1 amide bonds. The fourth-order valence-electron chi connectivity index (χ4n) is 3.86. The highest BCUT2D eigenvalue weighted by molar-refractivity contribution is 7.93. The van der Waals surface area contributed by atoms with Gasteiger partial charge in [0.1, 0.15) is 18.0 Å². The lowest BCUT2D eigenvalue weighted by atomic mass is 9.98. The number of nitrogens with zero attached hydrogens (tertiary/aromatic N) is 1. The fourth-order valence-corrected chi connectivity index (χ4v) is 5.99. The number of β-lactam (4-membered cyclic amide) rings is 1. The number of carbonyl (C=O) groups excluding carboxylic acids is 4. The summed E-state index contributed by atoms with van der Waals surface area (Å²) in [6, 6.07) is 7.99. The van der Waals surface area contributed by atoms with Crippen molar-refractivity contribution in [3.63, 3.8) is 0 Å². The van der Waals surface area contributed by atoms with Crippen molar-refractivity contribution >= 4 is 33.7 Å². The van der Waals surface area contributed by atoms with Crippen molar-refractivity contribution in [1.29, 1.82) is 0 Å². The third-order valence-electron chi connectivity index (χ3n) is 5.87. The largest absolute Gasteiger partial charge is 0.461 e. The Bertz CT molecular complexity index is 1020. The van der Waals surface area contributed by atoms with E-state index in [1.54, 1.807) is 0 Å². The topological polar surface area (TPSA) is 133 Å². The van der Waals surface area contributed by atoms with Crippen LogP contribution in [0.25, 0.3) is 0 Å². The summed E-state index contributed by atoms with van der Waals surface area (Å²) >= 11 is 0. The Morgan fingerprint density at radius 3 is 2.21 bits per heavy atom. The van der Waals surface area contributed by atoms with E-state index >= 15 is 0 Å². The Balaban J connectivity index is 1.32. The smallest absolute Gasteiger partial charge is 0.333 e. The van der Waals surface area contributed by atoms with E-state index in [2.05, 4.69) is 0 Å². The molecule has 33 heavy (non-hydrogen) atoms. The van der Waals surface area contributed by atoms with Crippen molar-refractivity contribution < 1.29 is 41.8 Å². The van der Waals surface area contributed by atoms with Crippen LogP contribution in [0.3, 0.4) is 0 Å². The fraction of sp³-hybridized carbons (Fsp3) is 0.545. The number of fused-ring (bicyclic) bond motifs is 1. The quantitative estimate of drug-likeness (QED) is 0.211. The van der Waals surface area contributed by atoms with E-state index in [0.29, 0.717) is 12.8 Å². The molecule has 10 nitrogen and oxygen atoms in total. The van der Waals surface area contributed by atoms with Gasteiger partial charge in [0, 0.05) is 12.8 Å². The van der Waals surface area contributed by atoms with Gasteiger partial charge in [0.25, 0.3) is 0 Å². The van der Waals surface area contributed by atoms with Crippen molar-refractivity contribution in [2.45, 2.75) is 68.7 Å². The van der Waals surface area contributed by atoms with Crippen LogP contribution >= 0.6 is 0 Å². The summed E-state index contributed by atoms with van der Waals surface area (Å²) in [6.45, 7) is 2.25.